The van der Waals surface area contributed by atoms with Crippen LogP contribution in [0, 0.1) is 0 Å². The van der Waals surface area contributed by atoms with E-state index in [1.165, 1.54) is 14.1 Å². The maximum absolute atomic E-state index is 11.7. The molecule has 8 nitrogen and oxygen atoms in total. The van der Waals surface area contributed by atoms with Crippen molar-refractivity contribution in [2.45, 2.75) is 27.7 Å². The molecular formula is C12H18N4O4S3. The smallest absolute Gasteiger partial charge is 0.297 e. The monoisotopic (exact) mass is 378 g/mol. The molecule has 0 saturated carbocycles. The maximum atomic E-state index is 11.7. The predicted molar refractivity (Wildman–Crippen MR) is 98.8 cm³/mol. The van der Waals surface area contributed by atoms with Crippen LogP contribution in [0.25, 0.3) is 0 Å². The van der Waals surface area contributed by atoms with E-state index >= 15 is 0 Å². The molecule has 0 N–H and O–H groups in total. The third-order valence-electron chi connectivity index (χ3n) is 2.30. The normalized spacial score (nSPS) is 11.6. The molecule has 0 radical (unpaired) electrons. The van der Waals surface area contributed by atoms with E-state index in [0.717, 1.165) is 20.7 Å². The van der Waals surface area contributed by atoms with Gasteiger partial charge in [-0.3, -0.25) is 9.68 Å². The quantitative estimate of drug-likeness (QED) is 0.231. The van der Waals surface area contributed by atoms with Crippen molar-refractivity contribution in [3.8, 4) is 0 Å². The highest BCUT2D eigenvalue weighted by atomic mass is 32.2. The summed E-state index contributed by atoms with van der Waals surface area (Å²) in [7, 11) is 2.81. The second kappa shape index (κ2) is 10.2. The highest BCUT2D eigenvalue weighted by molar-refractivity contribution is 7.95. The molecule has 0 spiro atoms. The summed E-state index contributed by atoms with van der Waals surface area (Å²) in [6.07, 6.45) is -1.56. The van der Waals surface area contributed by atoms with Crippen LogP contribution in [0.4, 0.5) is 9.59 Å². The van der Waals surface area contributed by atoms with Gasteiger partial charge >= 0.3 is 12.2 Å². The van der Waals surface area contributed by atoms with Gasteiger partial charge < -0.3 is 0 Å². The van der Waals surface area contributed by atoms with Crippen LogP contribution >= 0.6 is 36.6 Å². The Morgan fingerprint density at radius 3 is 1.39 bits per heavy atom. The Kier molecular flexibility index (Phi) is 9.53. The van der Waals surface area contributed by atoms with Crippen LogP contribution in [0.2, 0.25) is 0 Å². The summed E-state index contributed by atoms with van der Waals surface area (Å²) in [5, 5.41) is 7.15. The molecule has 2 amide bonds. The first-order valence-corrected chi connectivity index (χ1v) is 7.79. The molecule has 0 rings (SSSR count). The van der Waals surface area contributed by atoms with Crippen LogP contribution in [0.15, 0.2) is 10.3 Å². The molecule has 0 atom stereocenters. The average molecular weight is 379 g/mol. The standard InChI is InChI=1S/C12H18N4O4S3/c1-7(9(3)21)13-19-11(17)15(5)23-16(6)12(18)20-14-8(2)10(4)22/h1-6H3. The maximum Gasteiger partial charge on any atom is 0.447 e. The van der Waals surface area contributed by atoms with Crippen LogP contribution in [-0.2, 0) is 9.68 Å². The zero-order valence-corrected chi connectivity index (χ0v) is 16.1. The Balaban J connectivity index is 4.51. The van der Waals surface area contributed by atoms with Crippen LogP contribution < -0.4 is 0 Å². The van der Waals surface area contributed by atoms with Crippen molar-refractivity contribution >= 4 is 69.9 Å². The molecule has 0 saturated heterocycles. The minimum Gasteiger partial charge on any atom is -0.297 e. The molecule has 11 heteroatoms. The van der Waals surface area contributed by atoms with Crippen molar-refractivity contribution in [2.24, 2.45) is 10.3 Å². The van der Waals surface area contributed by atoms with E-state index in [4.69, 9.17) is 24.4 Å². The largest absolute Gasteiger partial charge is 0.447 e. The summed E-state index contributed by atoms with van der Waals surface area (Å²) in [5.41, 5.74) is 0.833. The van der Waals surface area contributed by atoms with Crippen molar-refractivity contribution in [1.82, 2.24) is 8.61 Å². The number of oxime groups is 2. The molecule has 0 heterocycles. The Labute approximate surface area is 150 Å². The zero-order valence-electron chi connectivity index (χ0n) is 13.6. The van der Waals surface area contributed by atoms with Gasteiger partial charge in [0, 0.05) is 23.8 Å². The Bertz CT molecular complexity index is 515. The van der Waals surface area contributed by atoms with Gasteiger partial charge in [0.1, 0.15) is 0 Å². The molecule has 0 bridgehead atoms. The lowest BCUT2D eigenvalue weighted by molar-refractivity contribution is 0.131. The van der Waals surface area contributed by atoms with E-state index in [1.807, 2.05) is 0 Å². The fourth-order valence-corrected chi connectivity index (χ4v) is 1.35. The Hall–Kier alpha value is -1.59. The molecule has 0 aliphatic rings. The van der Waals surface area contributed by atoms with Crippen LogP contribution in [0.5, 0.6) is 0 Å². The first-order chi connectivity index (χ1) is 10.6. The van der Waals surface area contributed by atoms with Gasteiger partial charge in [0.25, 0.3) is 0 Å². The molecule has 128 valence electrons. The van der Waals surface area contributed by atoms with Crippen molar-refractivity contribution in [3.05, 3.63) is 0 Å². The highest BCUT2D eigenvalue weighted by Gasteiger charge is 2.19. The number of hydrogen-bond donors (Lipinski definition) is 0. The minimum atomic E-state index is -0.778. The van der Waals surface area contributed by atoms with Crippen molar-refractivity contribution < 1.29 is 19.3 Å². The van der Waals surface area contributed by atoms with Gasteiger partial charge in [-0.2, -0.15) is 0 Å². The Morgan fingerprint density at radius 2 is 1.13 bits per heavy atom. The molecule has 0 fully saturated rings. The zero-order chi connectivity index (χ0) is 18.2. The lowest BCUT2D eigenvalue weighted by atomic mass is 10.3. The van der Waals surface area contributed by atoms with Crippen molar-refractivity contribution in [2.75, 3.05) is 14.1 Å². The summed E-state index contributed by atoms with van der Waals surface area (Å²) < 4.78 is 2.11. The molecule has 0 aliphatic heterocycles. The van der Waals surface area contributed by atoms with E-state index < -0.39 is 12.2 Å². The second-order valence-corrected chi connectivity index (χ2v) is 6.74. The topological polar surface area (TPSA) is 83.8 Å². The van der Waals surface area contributed by atoms with E-state index in [2.05, 4.69) is 20.0 Å². The predicted octanol–water partition coefficient (Wildman–Crippen LogP) is 3.22. The van der Waals surface area contributed by atoms with Crippen LogP contribution in [0.1, 0.15) is 27.7 Å². The van der Waals surface area contributed by atoms with Crippen molar-refractivity contribution in [3.63, 3.8) is 0 Å². The highest BCUT2D eigenvalue weighted by Crippen LogP contribution is 2.14. The summed E-state index contributed by atoms with van der Waals surface area (Å²) in [6.45, 7) is 6.55. The summed E-state index contributed by atoms with van der Waals surface area (Å²) in [5.74, 6) is 0. The van der Waals surface area contributed by atoms with Gasteiger partial charge in [0.2, 0.25) is 0 Å². The summed E-state index contributed by atoms with van der Waals surface area (Å²) in [6, 6.07) is 0. The number of hydrogen-bond acceptors (Lipinski definition) is 9. The first kappa shape index (κ1) is 21.4. The van der Waals surface area contributed by atoms with Gasteiger partial charge in [-0.1, -0.05) is 34.7 Å². The lowest BCUT2D eigenvalue weighted by Gasteiger charge is -2.19. The van der Waals surface area contributed by atoms with Crippen LogP contribution in [0.3, 0.4) is 0 Å². The fourth-order valence-electron chi connectivity index (χ4n) is 0.709. The Morgan fingerprint density at radius 1 is 0.826 bits per heavy atom. The fraction of sp³-hybridized carbons (Fsp3) is 0.500. The molecule has 0 aromatic rings. The number of thiocarbonyl (C=S) groups is 2. The van der Waals surface area contributed by atoms with Gasteiger partial charge in [0.15, 0.2) is 0 Å². The second-order valence-electron chi connectivity index (χ2n) is 4.26. The number of carbonyl (C=O) groups excluding carboxylic acids is 2. The molecular weight excluding hydrogens is 360 g/mol. The molecule has 0 aromatic heterocycles. The summed E-state index contributed by atoms with van der Waals surface area (Å²) in [4.78, 5) is 33.8. The minimum absolute atomic E-state index is 0.417. The number of amides is 2. The van der Waals surface area contributed by atoms with E-state index in [1.54, 1.807) is 27.7 Å². The molecule has 0 unspecified atom stereocenters. The molecule has 0 aromatic carbocycles. The number of rotatable bonds is 6. The van der Waals surface area contributed by atoms with E-state index in [0.29, 0.717) is 21.2 Å². The van der Waals surface area contributed by atoms with Gasteiger partial charge in [-0.05, 0) is 27.7 Å². The molecule has 0 aliphatic carbocycles. The van der Waals surface area contributed by atoms with E-state index in [9.17, 15) is 9.59 Å². The third kappa shape index (κ3) is 8.57. The van der Waals surface area contributed by atoms with Gasteiger partial charge in [0.05, 0.1) is 23.6 Å². The summed E-state index contributed by atoms with van der Waals surface area (Å²) >= 11 is 10.5. The van der Waals surface area contributed by atoms with Crippen LogP contribution in [-0.4, -0.2) is 56.0 Å². The SMILES string of the molecule is CC(=S)C(C)=NOC(=O)N(C)SN(C)C(=O)ON=C(C)C(C)=S. The third-order valence-corrected chi connectivity index (χ3v) is 3.68. The average Bonchev–Trinajstić information content (AvgIpc) is 2.48. The first-order valence-electron chi connectivity index (χ1n) is 6.24. The lowest BCUT2D eigenvalue weighted by Crippen LogP contribution is -2.29. The van der Waals surface area contributed by atoms with E-state index in [-0.39, 0.29) is 0 Å². The van der Waals surface area contributed by atoms with Crippen molar-refractivity contribution in [1.29, 1.82) is 0 Å². The number of nitrogens with zero attached hydrogens (tertiary/aromatic N) is 4. The van der Waals surface area contributed by atoms with Gasteiger partial charge in [-0.15, -0.1) is 0 Å². The molecule has 23 heavy (non-hydrogen) atoms. The van der Waals surface area contributed by atoms with Gasteiger partial charge in [-0.25, -0.2) is 18.2 Å². The number of carbonyl (C=O) groups is 2.